The number of aryl methyl sites for hydroxylation is 1. The first kappa shape index (κ1) is 14.9. The molecule has 0 spiro atoms. The summed E-state index contributed by atoms with van der Waals surface area (Å²) < 4.78 is 54.5. The Morgan fingerprint density at radius 2 is 2.17 bits per heavy atom. The molecular formula is C10H14F4N2O2. The second kappa shape index (κ2) is 6.14. The quantitative estimate of drug-likeness (QED) is 0.769. The van der Waals surface area contributed by atoms with E-state index >= 15 is 0 Å². The number of halogens is 4. The van der Waals surface area contributed by atoms with Crippen LogP contribution in [0.25, 0.3) is 0 Å². The summed E-state index contributed by atoms with van der Waals surface area (Å²) in [7, 11) is 0. The van der Waals surface area contributed by atoms with Crippen molar-refractivity contribution in [2.45, 2.75) is 31.9 Å². The number of aliphatic hydroxyl groups is 1. The number of nitrogens with zero attached hydrogens (tertiary/aromatic N) is 2. The molecule has 0 saturated carbocycles. The van der Waals surface area contributed by atoms with Gasteiger partial charge in [-0.15, -0.1) is 0 Å². The van der Waals surface area contributed by atoms with E-state index in [1.807, 2.05) is 6.92 Å². The van der Waals surface area contributed by atoms with Crippen molar-refractivity contribution in [3.05, 3.63) is 18.0 Å². The normalized spacial score (nSPS) is 14.2. The molecule has 0 aromatic carbocycles. The van der Waals surface area contributed by atoms with Gasteiger partial charge in [0, 0.05) is 18.3 Å². The molecule has 1 N–H and O–H groups in total. The first-order valence-electron chi connectivity index (χ1n) is 5.31. The van der Waals surface area contributed by atoms with E-state index in [4.69, 9.17) is 0 Å². The Balaban J connectivity index is 2.39. The molecule has 8 heteroatoms. The summed E-state index contributed by atoms with van der Waals surface area (Å²) in [5.41, 5.74) is 0.386. The van der Waals surface area contributed by atoms with E-state index in [1.165, 1.54) is 17.1 Å². The summed E-state index contributed by atoms with van der Waals surface area (Å²) in [5, 5.41) is 13.4. The van der Waals surface area contributed by atoms with Crippen molar-refractivity contribution in [3.63, 3.8) is 0 Å². The number of aliphatic hydroxyl groups excluding tert-OH is 1. The van der Waals surface area contributed by atoms with Gasteiger partial charge in [0.2, 0.25) is 0 Å². The van der Waals surface area contributed by atoms with E-state index in [9.17, 15) is 22.7 Å². The number of hydrogen-bond acceptors (Lipinski definition) is 3. The van der Waals surface area contributed by atoms with Gasteiger partial charge in [-0.05, 0) is 6.92 Å². The number of hydrogen-bond donors (Lipinski definition) is 1. The maximum absolute atomic E-state index is 12.5. The third-order valence-electron chi connectivity index (χ3n) is 2.25. The Morgan fingerprint density at radius 3 is 2.67 bits per heavy atom. The van der Waals surface area contributed by atoms with E-state index in [2.05, 4.69) is 9.84 Å². The Labute approximate surface area is 101 Å². The molecule has 0 bridgehead atoms. The summed E-state index contributed by atoms with van der Waals surface area (Å²) in [6.07, 6.45) is -2.06. The zero-order chi connectivity index (χ0) is 13.8. The van der Waals surface area contributed by atoms with Crippen LogP contribution in [0.5, 0.6) is 0 Å². The molecule has 0 aliphatic heterocycles. The van der Waals surface area contributed by atoms with Crippen molar-refractivity contribution < 1.29 is 27.4 Å². The highest BCUT2D eigenvalue weighted by Crippen LogP contribution is 2.23. The first-order chi connectivity index (χ1) is 8.36. The minimum Gasteiger partial charge on any atom is -0.386 e. The molecule has 1 unspecified atom stereocenters. The Kier molecular flexibility index (Phi) is 5.09. The molecule has 1 heterocycles. The predicted octanol–water partition coefficient (Wildman–Crippen LogP) is 1.85. The summed E-state index contributed by atoms with van der Waals surface area (Å²) in [6.45, 7) is 0.515. The van der Waals surface area contributed by atoms with E-state index in [0.29, 0.717) is 12.1 Å². The van der Waals surface area contributed by atoms with Crippen LogP contribution < -0.4 is 0 Å². The molecule has 0 amide bonds. The summed E-state index contributed by atoms with van der Waals surface area (Å²) in [4.78, 5) is 0. The Hall–Kier alpha value is -1.15. The molecule has 0 saturated heterocycles. The van der Waals surface area contributed by atoms with Gasteiger partial charge >= 0.3 is 12.3 Å². The average molecular weight is 270 g/mol. The highest BCUT2D eigenvalue weighted by Gasteiger charge is 2.41. The van der Waals surface area contributed by atoms with E-state index in [1.54, 1.807) is 0 Å². The van der Waals surface area contributed by atoms with Gasteiger partial charge in [0.1, 0.15) is 12.7 Å². The predicted molar refractivity (Wildman–Crippen MR) is 54.6 cm³/mol. The van der Waals surface area contributed by atoms with Crippen LogP contribution in [0.1, 0.15) is 18.6 Å². The molecule has 104 valence electrons. The van der Waals surface area contributed by atoms with Crippen LogP contribution in [0, 0.1) is 0 Å². The molecule has 0 radical (unpaired) electrons. The average Bonchev–Trinajstić information content (AvgIpc) is 2.76. The third-order valence-corrected chi connectivity index (χ3v) is 2.25. The summed E-state index contributed by atoms with van der Waals surface area (Å²) in [6, 6.07) is 0. The topological polar surface area (TPSA) is 47.3 Å². The van der Waals surface area contributed by atoms with Crippen molar-refractivity contribution in [2.24, 2.45) is 0 Å². The number of aromatic nitrogens is 2. The van der Waals surface area contributed by atoms with Gasteiger partial charge in [-0.1, -0.05) is 0 Å². The molecule has 0 fully saturated rings. The maximum atomic E-state index is 12.5. The maximum Gasteiger partial charge on any atom is 0.330 e. The van der Waals surface area contributed by atoms with Crippen molar-refractivity contribution in [1.82, 2.24) is 9.78 Å². The lowest BCUT2D eigenvalue weighted by Gasteiger charge is -2.16. The highest BCUT2D eigenvalue weighted by atomic mass is 19.3. The highest BCUT2D eigenvalue weighted by molar-refractivity contribution is 5.07. The molecular weight excluding hydrogens is 256 g/mol. The van der Waals surface area contributed by atoms with E-state index in [0.717, 1.165) is 0 Å². The van der Waals surface area contributed by atoms with Crippen molar-refractivity contribution in [2.75, 3.05) is 13.2 Å². The molecule has 1 aromatic heterocycles. The smallest absolute Gasteiger partial charge is 0.330 e. The third kappa shape index (κ3) is 3.95. The largest absolute Gasteiger partial charge is 0.386 e. The molecule has 0 aliphatic rings. The van der Waals surface area contributed by atoms with Crippen molar-refractivity contribution in [3.8, 4) is 0 Å². The Bertz CT molecular complexity index is 371. The van der Waals surface area contributed by atoms with Crippen LogP contribution in [-0.2, 0) is 11.3 Å². The fourth-order valence-corrected chi connectivity index (χ4v) is 1.19. The fraction of sp³-hybridized carbons (Fsp3) is 0.700. The molecule has 1 aromatic rings. The fourth-order valence-electron chi connectivity index (χ4n) is 1.19. The second-order valence-electron chi connectivity index (χ2n) is 3.72. The molecule has 4 nitrogen and oxygen atoms in total. The zero-order valence-electron chi connectivity index (χ0n) is 9.69. The number of ether oxygens (including phenoxy) is 1. The zero-order valence-corrected chi connectivity index (χ0v) is 9.69. The number of alkyl halides is 4. The van der Waals surface area contributed by atoms with Crippen LogP contribution in [0.4, 0.5) is 17.6 Å². The minimum absolute atomic E-state index is 0.386. The van der Waals surface area contributed by atoms with Crippen LogP contribution >= 0.6 is 0 Å². The lowest BCUT2D eigenvalue weighted by Crippen LogP contribution is -2.33. The van der Waals surface area contributed by atoms with Crippen molar-refractivity contribution in [1.29, 1.82) is 0 Å². The van der Waals surface area contributed by atoms with Crippen LogP contribution in [0.3, 0.4) is 0 Å². The SMILES string of the molecule is CCn1cc(C(O)COCC(F)(F)C(F)F)cn1. The lowest BCUT2D eigenvalue weighted by atomic mass is 10.2. The van der Waals surface area contributed by atoms with Crippen LogP contribution in [0.2, 0.25) is 0 Å². The molecule has 18 heavy (non-hydrogen) atoms. The first-order valence-corrected chi connectivity index (χ1v) is 5.31. The van der Waals surface area contributed by atoms with Gasteiger partial charge in [-0.3, -0.25) is 4.68 Å². The van der Waals surface area contributed by atoms with Gasteiger partial charge in [0.15, 0.2) is 0 Å². The van der Waals surface area contributed by atoms with Crippen LogP contribution in [-0.4, -0.2) is 40.4 Å². The monoisotopic (exact) mass is 270 g/mol. The van der Waals surface area contributed by atoms with Gasteiger partial charge in [-0.25, -0.2) is 8.78 Å². The van der Waals surface area contributed by atoms with Crippen LogP contribution in [0.15, 0.2) is 12.4 Å². The lowest BCUT2D eigenvalue weighted by molar-refractivity contribution is -0.170. The number of rotatable bonds is 7. The van der Waals surface area contributed by atoms with Gasteiger partial charge in [0.05, 0.1) is 12.8 Å². The van der Waals surface area contributed by atoms with E-state index < -0.39 is 31.7 Å². The van der Waals surface area contributed by atoms with Gasteiger partial charge in [-0.2, -0.15) is 13.9 Å². The molecule has 1 rings (SSSR count). The molecule has 0 aliphatic carbocycles. The Morgan fingerprint density at radius 1 is 1.50 bits per heavy atom. The summed E-state index contributed by atoms with van der Waals surface area (Å²) in [5.74, 6) is -4.20. The van der Waals surface area contributed by atoms with Gasteiger partial charge in [0.25, 0.3) is 0 Å². The standard InChI is InChI=1S/C10H14F4N2O2/c1-2-16-4-7(3-15-16)8(17)5-18-6-10(13,14)9(11)12/h3-4,8-9,17H,2,5-6H2,1H3. The second-order valence-corrected chi connectivity index (χ2v) is 3.72. The summed E-state index contributed by atoms with van der Waals surface area (Å²) >= 11 is 0. The minimum atomic E-state index is -4.20. The van der Waals surface area contributed by atoms with Crippen molar-refractivity contribution >= 4 is 0 Å². The molecule has 1 atom stereocenters. The van der Waals surface area contributed by atoms with Gasteiger partial charge < -0.3 is 9.84 Å². The van der Waals surface area contributed by atoms with E-state index in [-0.39, 0.29) is 0 Å².